The average molecular weight is 317 g/mol. The van der Waals surface area contributed by atoms with E-state index >= 15 is 0 Å². The summed E-state index contributed by atoms with van der Waals surface area (Å²) < 4.78 is 5.43. The predicted molar refractivity (Wildman–Crippen MR) is 85.7 cm³/mol. The van der Waals surface area contributed by atoms with E-state index in [9.17, 15) is 9.59 Å². The largest absolute Gasteiger partial charge is 0.427 e. The van der Waals surface area contributed by atoms with Gasteiger partial charge in [-0.15, -0.1) is 0 Å². The van der Waals surface area contributed by atoms with Crippen LogP contribution in [0.1, 0.15) is 47.5 Å². The molecule has 0 aliphatic heterocycles. The van der Waals surface area contributed by atoms with Crippen LogP contribution >= 0.6 is 11.6 Å². The zero-order valence-electron chi connectivity index (χ0n) is 12.6. The number of hydrogen-bond donors (Lipinski definition) is 0. The summed E-state index contributed by atoms with van der Waals surface area (Å²) in [6.45, 7) is 4.01. The van der Waals surface area contributed by atoms with Crippen molar-refractivity contribution in [3.63, 3.8) is 0 Å². The first kappa shape index (κ1) is 15.0. The molecule has 1 heterocycles. The molecule has 1 aromatic carbocycles. The molecule has 1 aliphatic carbocycles. The Morgan fingerprint density at radius 1 is 1.14 bits per heavy atom. The molecular formula is C18H17ClO3. The molecule has 0 unspecified atom stereocenters. The Morgan fingerprint density at radius 2 is 1.86 bits per heavy atom. The smallest absolute Gasteiger partial charge is 0.339 e. The van der Waals surface area contributed by atoms with Gasteiger partial charge in [-0.3, -0.25) is 4.79 Å². The molecule has 0 amide bonds. The molecule has 2 aromatic rings. The monoisotopic (exact) mass is 316 g/mol. The second kappa shape index (κ2) is 5.40. The average Bonchev–Trinajstić information content (AvgIpc) is 2.41. The molecule has 0 atom stereocenters. The third-order valence-electron chi connectivity index (χ3n) is 4.01. The number of rotatable bonds is 2. The molecule has 0 N–H and O–H groups in total. The van der Waals surface area contributed by atoms with Crippen LogP contribution in [0.4, 0.5) is 0 Å². The Bertz CT molecular complexity index is 802. The van der Waals surface area contributed by atoms with Crippen LogP contribution in [-0.4, -0.2) is 5.78 Å². The highest BCUT2D eigenvalue weighted by atomic mass is 35.5. The zero-order valence-corrected chi connectivity index (χ0v) is 13.4. The van der Waals surface area contributed by atoms with Gasteiger partial charge < -0.3 is 4.42 Å². The molecule has 1 aromatic heterocycles. The van der Waals surface area contributed by atoms with Gasteiger partial charge in [0.2, 0.25) is 0 Å². The lowest BCUT2D eigenvalue weighted by Gasteiger charge is -2.28. The molecule has 0 saturated heterocycles. The SMILES string of the molecule is CC1(C)CC(=O)c2cc(Cc3ccccc3Cl)c(=O)oc2C1. The molecule has 4 heteroatoms. The summed E-state index contributed by atoms with van der Waals surface area (Å²) in [7, 11) is 0. The van der Waals surface area contributed by atoms with Crippen molar-refractivity contribution in [1.29, 1.82) is 0 Å². The van der Waals surface area contributed by atoms with Crippen LogP contribution in [0.2, 0.25) is 5.02 Å². The Balaban J connectivity index is 2.02. The lowest BCUT2D eigenvalue weighted by molar-refractivity contribution is 0.0897. The minimum atomic E-state index is -0.385. The quantitative estimate of drug-likeness (QED) is 0.840. The molecule has 0 fully saturated rings. The van der Waals surface area contributed by atoms with Gasteiger partial charge in [-0.2, -0.15) is 0 Å². The van der Waals surface area contributed by atoms with Crippen LogP contribution in [0.25, 0.3) is 0 Å². The van der Waals surface area contributed by atoms with Crippen molar-refractivity contribution in [3.8, 4) is 0 Å². The standard InChI is InChI=1S/C18H17ClO3/c1-18(2)9-15(20)13-8-12(17(21)22-16(13)10-18)7-11-5-3-4-6-14(11)19/h3-6,8H,7,9-10H2,1-2H3. The van der Waals surface area contributed by atoms with E-state index in [4.69, 9.17) is 16.0 Å². The highest BCUT2D eigenvalue weighted by Crippen LogP contribution is 2.34. The van der Waals surface area contributed by atoms with Gasteiger partial charge in [0.25, 0.3) is 0 Å². The van der Waals surface area contributed by atoms with Gasteiger partial charge in [0.05, 0.1) is 5.56 Å². The van der Waals surface area contributed by atoms with Crippen LogP contribution in [0, 0.1) is 5.41 Å². The number of benzene rings is 1. The number of ketones is 1. The van der Waals surface area contributed by atoms with Crippen molar-refractivity contribution in [2.75, 3.05) is 0 Å². The van der Waals surface area contributed by atoms with Crippen LogP contribution in [0.5, 0.6) is 0 Å². The Kier molecular flexibility index (Phi) is 3.69. The maximum atomic E-state index is 12.3. The normalized spacial score (nSPS) is 16.4. The van der Waals surface area contributed by atoms with E-state index in [0.717, 1.165) is 5.56 Å². The molecular weight excluding hydrogens is 300 g/mol. The van der Waals surface area contributed by atoms with Crippen molar-refractivity contribution < 1.29 is 9.21 Å². The summed E-state index contributed by atoms with van der Waals surface area (Å²) >= 11 is 6.14. The fraction of sp³-hybridized carbons (Fsp3) is 0.333. The molecule has 114 valence electrons. The highest BCUT2D eigenvalue weighted by molar-refractivity contribution is 6.31. The van der Waals surface area contributed by atoms with Crippen molar-refractivity contribution in [2.24, 2.45) is 5.41 Å². The number of carbonyl (C=O) groups is 1. The molecule has 3 nitrogen and oxygen atoms in total. The van der Waals surface area contributed by atoms with Crippen LogP contribution in [-0.2, 0) is 12.8 Å². The minimum absolute atomic E-state index is 0.0374. The van der Waals surface area contributed by atoms with Gasteiger partial charge in [0.15, 0.2) is 5.78 Å². The van der Waals surface area contributed by atoms with Crippen molar-refractivity contribution >= 4 is 17.4 Å². The Labute approximate surface area is 133 Å². The maximum Gasteiger partial charge on any atom is 0.339 e. The van der Waals surface area contributed by atoms with Crippen LogP contribution in [0.3, 0.4) is 0 Å². The lowest BCUT2D eigenvalue weighted by Crippen LogP contribution is -2.29. The third kappa shape index (κ3) is 2.86. The predicted octanol–water partition coefficient (Wildman–Crippen LogP) is 4.04. The van der Waals surface area contributed by atoms with E-state index in [-0.39, 0.29) is 16.8 Å². The van der Waals surface area contributed by atoms with E-state index in [2.05, 4.69) is 0 Å². The summed E-state index contributed by atoms with van der Waals surface area (Å²) in [5.41, 5.74) is 1.31. The molecule has 0 spiro atoms. The molecule has 0 radical (unpaired) electrons. The van der Waals surface area contributed by atoms with Crippen LogP contribution < -0.4 is 5.63 Å². The number of halogens is 1. The summed E-state index contributed by atoms with van der Waals surface area (Å²) in [6, 6.07) is 9.04. The van der Waals surface area contributed by atoms with Gasteiger partial charge in [0, 0.05) is 29.8 Å². The summed E-state index contributed by atoms with van der Waals surface area (Å²) in [5.74, 6) is 0.546. The summed E-state index contributed by atoms with van der Waals surface area (Å²) in [6.07, 6.45) is 1.45. The fourth-order valence-corrected chi connectivity index (χ4v) is 3.11. The number of Topliss-reactive ketones (excluding diaryl/α,β-unsaturated/α-hetero) is 1. The fourth-order valence-electron chi connectivity index (χ4n) is 2.91. The highest BCUT2D eigenvalue weighted by Gasteiger charge is 2.33. The number of carbonyl (C=O) groups excluding carboxylic acids is 1. The van der Waals surface area contributed by atoms with E-state index in [1.54, 1.807) is 12.1 Å². The molecule has 0 saturated carbocycles. The minimum Gasteiger partial charge on any atom is -0.427 e. The zero-order chi connectivity index (χ0) is 15.9. The second-order valence-corrected chi connectivity index (χ2v) is 7.01. The van der Waals surface area contributed by atoms with E-state index < -0.39 is 0 Å². The Morgan fingerprint density at radius 3 is 2.59 bits per heavy atom. The van der Waals surface area contributed by atoms with Crippen molar-refractivity contribution in [1.82, 2.24) is 0 Å². The number of hydrogen-bond acceptors (Lipinski definition) is 3. The lowest BCUT2D eigenvalue weighted by atomic mass is 9.76. The van der Waals surface area contributed by atoms with Gasteiger partial charge in [0.1, 0.15) is 5.76 Å². The summed E-state index contributed by atoms with van der Waals surface area (Å²) in [4.78, 5) is 24.5. The van der Waals surface area contributed by atoms with Gasteiger partial charge in [-0.25, -0.2) is 4.79 Å². The first-order chi connectivity index (χ1) is 10.4. The number of fused-ring (bicyclic) bond motifs is 1. The third-order valence-corrected chi connectivity index (χ3v) is 4.38. The van der Waals surface area contributed by atoms with E-state index in [1.165, 1.54) is 0 Å². The molecule has 3 rings (SSSR count). The second-order valence-electron chi connectivity index (χ2n) is 6.61. The van der Waals surface area contributed by atoms with E-state index in [0.29, 0.717) is 41.2 Å². The Hall–Kier alpha value is -1.87. The van der Waals surface area contributed by atoms with Crippen molar-refractivity contribution in [3.05, 3.63) is 68.2 Å². The first-order valence-corrected chi connectivity index (χ1v) is 7.66. The van der Waals surface area contributed by atoms with Gasteiger partial charge in [-0.05, 0) is 23.1 Å². The van der Waals surface area contributed by atoms with E-state index in [1.807, 2.05) is 32.0 Å². The van der Waals surface area contributed by atoms with Crippen LogP contribution in [0.15, 0.2) is 39.5 Å². The molecule has 0 bridgehead atoms. The summed E-state index contributed by atoms with van der Waals surface area (Å²) in [5, 5.41) is 0.604. The maximum absolute atomic E-state index is 12.3. The molecule has 22 heavy (non-hydrogen) atoms. The molecule has 1 aliphatic rings. The first-order valence-electron chi connectivity index (χ1n) is 7.28. The van der Waals surface area contributed by atoms with Gasteiger partial charge in [-0.1, -0.05) is 43.6 Å². The topological polar surface area (TPSA) is 47.3 Å². The van der Waals surface area contributed by atoms with Gasteiger partial charge >= 0.3 is 5.63 Å². The van der Waals surface area contributed by atoms with Crippen molar-refractivity contribution in [2.45, 2.75) is 33.1 Å².